The minimum Gasteiger partial charge on any atom is -0.497 e. The van der Waals surface area contributed by atoms with Crippen molar-refractivity contribution in [2.24, 2.45) is 0 Å². The molecule has 0 unspecified atom stereocenters. The van der Waals surface area contributed by atoms with Crippen molar-refractivity contribution < 1.29 is 4.74 Å². The van der Waals surface area contributed by atoms with E-state index in [1.807, 2.05) is 31.2 Å². The standard InChI is InChI=1S/C14H16BrN3O/c1-10-17-6-5-12(18-10)9-16-8-11-7-13(19-2)3-4-14(11)15/h3-7,16H,8-9H2,1-2H3. The molecule has 0 amide bonds. The summed E-state index contributed by atoms with van der Waals surface area (Å²) in [7, 11) is 1.67. The first-order valence-electron chi connectivity index (χ1n) is 6.00. The van der Waals surface area contributed by atoms with Gasteiger partial charge in [0.15, 0.2) is 0 Å². The Kier molecular flexibility index (Phi) is 4.87. The number of hydrogen-bond acceptors (Lipinski definition) is 4. The SMILES string of the molecule is COc1ccc(Br)c(CNCc2ccnc(C)n2)c1. The first kappa shape index (κ1) is 14.0. The summed E-state index contributed by atoms with van der Waals surface area (Å²) in [4.78, 5) is 8.43. The van der Waals surface area contributed by atoms with Gasteiger partial charge in [-0.05, 0) is 36.8 Å². The van der Waals surface area contributed by atoms with Crippen LogP contribution < -0.4 is 10.1 Å². The van der Waals surface area contributed by atoms with E-state index in [9.17, 15) is 0 Å². The molecule has 5 heteroatoms. The van der Waals surface area contributed by atoms with Gasteiger partial charge in [0.05, 0.1) is 12.8 Å². The Morgan fingerprint density at radius 1 is 1.26 bits per heavy atom. The average Bonchev–Trinajstić information content (AvgIpc) is 2.41. The van der Waals surface area contributed by atoms with Crippen LogP contribution in [0.2, 0.25) is 0 Å². The van der Waals surface area contributed by atoms with Crippen LogP contribution >= 0.6 is 15.9 Å². The highest BCUT2D eigenvalue weighted by atomic mass is 79.9. The van der Waals surface area contributed by atoms with Gasteiger partial charge in [0.1, 0.15) is 11.6 Å². The van der Waals surface area contributed by atoms with Crippen molar-refractivity contribution in [3.63, 3.8) is 0 Å². The molecule has 0 aliphatic carbocycles. The number of hydrogen-bond donors (Lipinski definition) is 1. The number of halogens is 1. The second-order valence-electron chi connectivity index (χ2n) is 4.16. The lowest BCUT2D eigenvalue weighted by Crippen LogP contribution is -2.14. The number of rotatable bonds is 5. The fraction of sp³-hybridized carbons (Fsp3) is 0.286. The van der Waals surface area contributed by atoms with Crippen molar-refractivity contribution in [1.29, 1.82) is 0 Å². The molecule has 0 saturated heterocycles. The lowest BCUT2D eigenvalue weighted by atomic mass is 10.2. The van der Waals surface area contributed by atoms with E-state index in [1.54, 1.807) is 13.3 Å². The minimum atomic E-state index is 0.715. The summed E-state index contributed by atoms with van der Waals surface area (Å²) in [5.74, 6) is 1.65. The van der Waals surface area contributed by atoms with Gasteiger partial charge >= 0.3 is 0 Å². The summed E-state index contributed by atoms with van der Waals surface area (Å²) in [6.45, 7) is 3.36. The topological polar surface area (TPSA) is 47.0 Å². The van der Waals surface area contributed by atoms with Crippen LogP contribution in [-0.2, 0) is 13.1 Å². The van der Waals surface area contributed by atoms with Crippen molar-refractivity contribution in [1.82, 2.24) is 15.3 Å². The monoisotopic (exact) mass is 321 g/mol. The van der Waals surface area contributed by atoms with Crippen LogP contribution in [0.25, 0.3) is 0 Å². The molecule has 0 fully saturated rings. The van der Waals surface area contributed by atoms with Crippen LogP contribution in [0.5, 0.6) is 5.75 Å². The van der Waals surface area contributed by atoms with E-state index >= 15 is 0 Å². The van der Waals surface area contributed by atoms with Crippen molar-refractivity contribution in [3.05, 3.63) is 52.0 Å². The zero-order valence-electron chi connectivity index (χ0n) is 11.0. The van der Waals surface area contributed by atoms with Gasteiger partial charge < -0.3 is 10.1 Å². The molecule has 19 heavy (non-hydrogen) atoms. The molecule has 0 radical (unpaired) electrons. The molecule has 0 spiro atoms. The predicted molar refractivity (Wildman–Crippen MR) is 78.0 cm³/mol. The molecule has 2 rings (SSSR count). The average molecular weight is 322 g/mol. The molecule has 1 aromatic carbocycles. The van der Waals surface area contributed by atoms with Gasteiger partial charge in [0.2, 0.25) is 0 Å². The highest BCUT2D eigenvalue weighted by Crippen LogP contribution is 2.22. The molecular weight excluding hydrogens is 306 g/mol. The van der Waals surface area contributed by atoms with Crippen molar-refractivity contribution in [2.45, 2.75) is 20.0 Å². The maximum Gasteiger partial charge on any atom is 0.125 e. The maximum absolute atomic E-state index is 5.22. The molecule has 0 saturated carbocycles. The number of aromatic nitrogens is 2. The lowest BCUT2D eigenvalue weighted by molar-refractivity contribution is 0.414. The zero-order valence-corrected chi connectivity index (χ0v) is 12.6. The largest absolute Gasteiger partial charge is 0.497 e. The molecule has 100 valence electrons. The highest BCUT2D eigenvalue weighted by molar-refractivity contribution is 9.10. The molecule has 1 heterocycles. The number of nitrogens with zero attached hydrogens (tertiary/aromatic N) is 2. The van der Waals surface area contributed by atoms with Gasteiger partial charge in [-0.3, -0.25) is 0 Å². The maximum atomic E-state index is 5.22. The smallest absolute Gasteiger partial charge is 0.125 e. The number of nitrogens with one attached hydrogen (secondary N) is 1. The highest BCUT2D eigenvalue weighted by Gasteiger charge is 2.02. The third-order valence-electron chi connectivity index (χ3n) is 2.71. The normalized spacial score (nSPS) is 10.5. The quantitative estimate of drug-likeness (QED) is 0.919. The molecule has 1 aromatic heterocycles. The summed E-state index contributed by atoms with van der Waals surface area (Å²) in [6, 6.07) is 7.86. The van der Waals surface area contributed by atoms with E-state index < -0.39 is 0 Å². The summed E-state index contributed by atoms with van der Waals surface area (Å²) < 4.78 is 6.29. The van der Waals surface area contributed by atoms with Crippen molar-refractivity contribution >= 4 is 15.9 Å². The van der Waals surface area contributed by atoms with Crippen LogP contribution in [0, 0.1) is 6.92 Å². The third kappa shape index (κ3) is 4.01. The second kappa shape index (κ2) is 6.63. The fourth-order valence-electron chi connectivity index (χ4n) is 1.74. The number of ether oxygens (including phenoxy) is 1. The van der Waals surface area contributed by atoms with E-state index in [0.29, 0.717) is 6.54 Å². The van der Waals surface area contributed by atoms with Crippen LogP contribution in [0.15, 0.2) is 34.9 Å². The Balaban J connectivity index is 1.95. The van der Waals surface area contributed by atoms with Crippen LogP contribution in [-0.4, -0.2) is 17.1 Å². The summed E-state index contributed by atoms with van der Waals surface area (Å²) in [5, 5.41) is 3.36. The molecular formula is C14H16BrN3O. The van der Waals surface area contributed by atoms with Crippen LogP contribution in [0.3, 0.4) is 0 Å². The number of benzene rings is 1. The Hall–Kier alpha value is -1.46. The van der Waals surface area contributed by atoms with Crippen molar-refractivity contribution in [3.8, 4) is 5.75 Å². The second-order valence-corrected chi connectivity index (χ2v) is 5.01. The fourth-order valence-corrected chi connectivity index (χ4v) is 2.13. The summed E-state index contributed by atoms with van der Waals surface area (Å²) in [5.41, 5.74) is 2.15. The molecule has 4 nitrogen and oxygen atoms in total. The van der Waals surface area contributed by atoms with Crippen LogP contribution in [0.1, 0.15) is 17.1 Å². The van der Waals surface area contributed by atoms with Crippen molar-refractivity contribution in [2.75, 3.05) is 7.11 Å². The first-order valence-corrected chi connectivity index (χ1v) is 6.80. The molecule has 2 aromatic rings. The van der Waals surface area contributed by atoms with Gasteiger partial charge in [-0.15, -0.1) is 0 Å². The van der Waals surface area contributed by atoms with E-state index in [4.69, 9.17) is 4.74 Å². The minimum absolute atomic E-state index is 0.715. The first-order chi connectivity index (χ1) is 9.19. The van der Waals surface area contributed by atoms with E-state index in [0.717, 1.165) is 33.8 Å². The molecule has 0 aliphatic rings. The Morgan fingerprint density at radius 3 is 2.84 bits per heavy atom. The Bertz CT molecular complexity index is 560. The summed E-state index contributed by atoms with van der Waals surface area (Å²) >= 11 is 3.54. The number of aryl methyl sites for hydroxylation is 1. The van der Waals surface area contributed by atoms with Crippen LogP contribution in [0.4, 0.5) is 0 Å². The predicted octanol–water partition coefficient (Wildman–Crippen LogP) is 2.85. The Morgan fingerprint density at radius 2 is 2.11 bits per heavy atom. The van der Waals surface area contributed by atoms with E-state index in [1.165, 1.54) is 0 Å². The number of methoxy groups -OCH3 is 1. The molecule has 0 bridgehead atoms. The third-order valence-corrected chi connectivity index (χ3v) is 3.48. The molecule has 1 N–H and O–H groups in total. The van der Waals surface area contributed by atoms with E-state index in [-0.39, 0.29) is 0 Å². The van der Waals surface area contributed by atoms with Gasteiger partial charge in [-0.25, -0.2) is 9.97 Å². The summed E-state index contributed by atoms with van der Waals surface area (Å²) in [6.07, 6.45) is 1.78. The van der Waals surface area contributed by atoms with Gasteiger partial charge in [0, 0.05) is 23.8 Å². The molecule has 0 aliphatic heterocycles. The van der Waals surface area contributed by atoms with Gasteiger partial charge in [0.25, 0.3) is 0 Å². The zero-order chi connectivity index (χ0) is 13.7. The Labute approximate surface area is 121 Å². The van der Waals surface area contributed by atoms with Gasteiger partial charge in [-0.1, -0.05) is 15.9 Å². The van der Waals surface area contributed by atoms with Gasteiger partial charge in [-0.2, -0.15) is 0 Å². The molecule has 0 atom stereocenters. The lowest BCUT2D eigenvalue weighted by Gasteiger charge is -2.09. The van der Waals surface area contributed by atoms with E-state index in [2.05, 4.69) is 31.2 Å².